The molecule has 3 aromatic rings. The number of aromatic nitrogens is 2. The summed E-state index contributed by atoms with van der Waals surface area (Å²) in [6, 6.07) is 9.80. The first kappa shape index (κ1) is 19.3. The molecule has 1 heterocycles. The van der Waals surface area contributed by atoms with Crippen LogP contribution in [0.3, 0.4) is 0 Å². The lowest BCUT2D eigenvalue weighted by molar-refractivity contribution is 0.0636. The van der Waals surface area contributed by atoms with E-state index in [9.17, 15) is 9.18 Å². The molecule has 0 saturated heterocycles. The highest BCUT2D eigenvalue weighted by Crippen LogP contribution is 2.29. The van der Waals surface area contributed by atoms with Gasteiger partial charge in [-0.1, -0.05) is 0 Å². The summed E-state index contributed by atoms with van der Waals surface area (Å²) >= 11 is 0. The first-order valence-electron chi connectivity index (χ1n) is 8.60. The van der Waals surface area contributed by atoms with Gasteiger partial charge in [0.15, 0.2) is 0 Å². The van der Waals surface area contributed by atoms with Crippen LogP contribution in [0.1, 0.15) is 20.8 Å². The lowest BCUT2D eigenvalue weighted by Gasteiger charge is -2.19. The van der Waals surface area contributed by atoms with E-state index in [0.717, 1.165) is 0 Å². The van der Waals surface area contributed by atoms with E-state index in [0.29, 0.717) is 28.5 Å². The molecule has 0 aliphatic heterocycles. The zero-order valence-electron chi connectivity index (χ0n) is 16.0. The number of anilines is 3. The summed E-state index contributed by atoms with van der Waals surface area (Å²) < 4.78 is 24.8. The van der Waals surface area contributed by atoms with E-state index < -0.39 is 17.5 Å². The van der Waals surface area contributed by atoms with E-state index >= 15 is 0 Å². The Balaban J connectivity index is 1.78. The second-order valence-corrected chi connectivity index (χ2v) is 7.05. The molecule has 0 aliphatic carbocycles. The number of methoxy groups -OCH3 is 1. The largest absolute Gasteiger partial charge is 0.497 e. The summed E-state index contributed by atoms with van der Waals surface area (Å²) in [5, 5.41) is 5.98. The van der Waals surface area contributed by atoms with E-state index in [1.165, 1.54) is 19.5 Å². The molecular formula is C20H21FN4O3. The van der Waals surface area contributed by atoms with E-state index in [-0.39, 0.29) is 5.39 Å². The molecular weight excluding hydrogens is 363 g/mol. The van der Waals surface area contributed by atoms with E-state index in [1.807, 2.05) is 0 Å². The van der Waals surface area contributed by atoms with Gasteiger partial charge < -0.3 is 14.8 Å². The molecule has 3 rings (SSSR count). The van der Waals surface area contributed by atoms with Crippen molar-refractivity contribution in [3.63, 3.8) is 0 Å². The molecule has 8 heteroatoms. The summed E-state index contributed by atoms with van der Waals surface area (Å²) in [6.45, 7) is 5.38. The van der Waals surface area contributed by atoms with Crippen LogP contribution in [0.25, 0.3) is 10.9 Å². The molecule has 0 atom stereocenters. The third kappa shape index (κ3) is 4.64. The summed E-state index contributed by atoms with van der Waals surface area (Å²) in [7, 11) is 1.47. The fourth-order valence-corrected chi connectivity index (χ4v) is 2.53. The van der Waals surface area contributed by atoms with Crippen LogP contribution in [0.4, 0.5) is 26.4 Å². The van der Waals surface area contributed by atoms with Gasteiger partial charge in [-0.15, -0.1) is 0 Å². The van der Waals surface area contributed by atoms with Crippen molar-refractivity contribution < 1.29 is 18.7 Å². The second kappa shape index (κ2) is 7.67. The van der Waals surface area contributed by atoms with Gasteiger partial charge in [-0.2, -0.15) is 0 Å². The van der Waals surface area contributed by atoms with Gasteiger partial charge in [-0.05, 0) is 45.0 Å². The third-order valence-corrected chi connectivity index (χ3v) is 3.69. The Bertz CT molecular complexity index is 1000. The summed E-state index contributed by atoms with van der Waals surface area (Å²) in [5.74, 6) is 0.228. The predicted molar refractivity (Wildman–Crippen MR) is 106 cm³/mol. The van der Waals surface area contributed by atoms with E-state index in [1.54, 1.807) is 51.1 Å². The van der Waals surface area contributed by atoms with Gasteiger partial charge >= 0.3 is 6.09 Å². The molecule has 0 saturated carbocycles. The van der Waals surface area contributed by atoms with Crippen molar-refractivity contribution in [2.24, 2.45) is 0 Å². The minimum absolute atomic E-state index is 0.263. The number of ether oxygens (including phenoxy) is 2. The zero-order valence-corrected chi connectivity index (χ0v) is 16.0. The molecule has 28 heavy (non-hydrogen) atoms. The monoisotopic (exact) mass is 384 g/mol. The number of nitrogens with one attached hydrogen (secondary N) is 2. The molecule has 0 unspecified atom stereocenters. The van der Waals surface area contributed by atoms with Crippen LogP contribution in [-0.2, 0) is 4.74 Å². The number of carbonyl (C=O) groups excluding carboxylic acids is 1. The highest BCUT2D eigenvalue weighted by atomic mass is 19.1. The van der Waals surface area contributed by atoms with Crippen LogP contribution in [0, 0.1) is 5.82 Å². The molecule has 146 valence electrons. The number of benzene rings is 2. The maximum absolute atomic E-state index is 14.5. The van der Waals surface area contributed by atoms with Crippen molar-refractivity contribution in [2.75, 3.05) is 17.7 Å². The van der Waals surface area contributed by atoms with Gasteiger partial charge in [0.2, 0.25) is 0 Å². The average molecular weight is 384 g/mol. The van der Waals surface area contributed by atoms with E-state index in [4.69, 9.17) is 9.47 Å². The number of nitrogens with zero attached hydrogens (tertiary/aromatic N) is 2. The highest BCUT2D eigenvalue weighted by molar-refractivity contribution is 5.92. The Morgan fingerprint density at radius 2 is 1.75 bits per heavy atom. The van der Waals surface area contributed by atoms with Crippen molar-refractivity contribution in [3.8, 4) is 5.75 Å². The quantitative estimate of drug-likeness (QED) is 0.668. The van der Waals surface area contributed by atoms with Crippen molar-refractivity contribution in [1.82, 2.24) is 9.97 Å². The predicted octanol–water partition coefficient (Wildman–Crippen LogP) is 4.87. The fourth-order valence-electron chi connectivity index (χ4n) is 2.53. The maximum atomic E-state index is 14.5. The number of carbonyl (C=O) groups is 1. The van der Waals surface area contributed by atoms with Gasteiger partial charge in [-0.3, -0.25) is 5.32 Å². The minimum Gasteiger partial charge on any atom is -0.497 e. The van der Waals surface area contributed by atoms with Gasteiger partial charge in [0, 0.05) is 23.5 Å². The van der Waals surface area contributed by atoms with Crippen LogP contribution in [0.5, 0.6) is 5.75 Å². The van der Waals surface area contributed by atoms with Crippen molar-refractivity contribution in [2.45, 2.75) is 26.4 Å². The number of hydrogen-bond donors (Lipinski definition) is 2. The molecule has 0 spiro atoms. The molecule has 1 aromatic heterocycles. The topological polar surface area (TPSA) is 85.4 Å². The average Bonchev–Trinajstić information content (AvgIpc) is 2.61. The number of hydrogen-bond acceptors (Lipinski definition) is 6. The first-order valence-corrected chi connectivity index (χ1v) is 8.60. The third-order valence-electron chi connectivity index (χ3n) is 3.69. The van der Waals surface area contributed by atoms with Crippen LogP contribution in [-0.4, -0.2) is 28.8 Å². The number of rotatable bonds is 4. The van der Waals surface area contributed by atoms with E-state index in [2.05, 4.69) is 20.6 Å². The second-order valence-electron chi connectivity index (χ2n) is 7.05. The number of amides is 1. The van der Waals surface area contributed by atoms with Crippen molar-refractivity contribution in [1.29, 1.82) is 0 Å². The summed E-state index contributed by atoms with van der Waals surface area (Å²) in [5.41, 5.74) is 1.10. The summed E-state index contributed by atoms with van der Waals surface area (Å²) in [6.07, 6.45) is 0.813. The van der Waals surface area contributed by atoms with Crippen molar-refractivity contribution in [3.05, 3.63) is 48.5 Å². The molecule has 0 bridgehead atoms. The molecule has 0 radical (unpaired) electrons. The Hall–Kier alpha value is -3.42. The maximum Gasteiger partial charge on any atom is 0.412 e. The fraction of sp³-hybridized carbons (Fsp3) is 0.250. The Morgan fingerprint density at radius 1 is 1.07 bits per heavy atom. The number of fused-ring (bicyclic) bond motifs is 1. The standard InChI is InChI=1S/C20H21FN4O3/c1-20(2,3)28-19(26)25-13-7-5-12(6-8-13)24-18-17-15(21)9-14(27-4)10-16(17)22-11-23-18/h5-11H,1-4H3,(H,25,26)(H,22,23,24). The molecule has 7 nitrogen and oxygen atoms in total. The Kier molecular flexibility index (Phi) is 5.30. The molecule has 0 fully saturated rings. The highest BCUT2D eigenvalue weighted by Gasteiger charge is 2.16. The normalized spacial score (nSPS) is 11.2. The van der Waals surface area contributed by atoms with Crippen molar-refractivity contribution >= 4 is 34.2 Å². The minimum atomic E-state index is -0.577. The zero-order chi connectivity index (χ0) is 20.3. The lowest BCUT2D eigenvalue weighted by Crippen LogP contribution is -2.27. The molecule has 2 aromatic carbocycles. The smallest absolute Gasteiger partial charge is 0.412 e. The first-order chi connectivity index (χ1) is 13.2. The van der Waals surface area contributed by atoms with Crippen LogP contribution >= 0.6 is 0 Å². The molecule has 1 amide bonds. The SMILES string of the molecule is COc1cc(F)c2c(Nc3ccc(NC(=O)OC(C)(C)C)cc3)ncnc2c1. The lowest BCUT2D eigenvalue weighted by atomic mass is 10.2. The van der Waals surface area contributed by atoms with Crippen LogP contribution < -0.4 is 15.4 Å². The Morgan fingerprint density at radius 3 is 2.39 bits per heavy atom. The Labute approximate surface area is 161 Å². The van der Waals surface area contributed by atoms with Crippen LogP contribution in [0.2, 0.25) is 0 Å². The van der Waals surface area contributed by atoms with Gasteiger partial charge in [0.25, 0.3) is 0 Å². The van der Waals surface area contributed by atoms with Gasteiger partial charge in [0.1, 0.15) is 29.3 Å². The molecule has 0 aliphatic rings. The summed E-state index contributed by atoms with van der Waals surface area (Å²) in [4.78, 5) is 20.1. The van der Waals surface area contributed by atoms with Gasteiger partial charge in [0.05, 0.1) is 18.0 Å². The molecule has 2 N–H and O–H groups in total. The van der Waals surface area contributed by atoms with Gasteiger partial charge in [-0.25, -0.2) is 19.2 Å². The number of halogens is 1. The van der Waals surface area contributed by atoms with Crippen LogP contribution in [0.15, 0.2) is 42.7 Å².